The maximum Gasteiger partial charge on any atom is 0.142 e. The molecule has 0 bridgehead atoms. The molecule has 19 heavy (non-hydrogen) atoms. The molecule has 0 aliphatic rings. The van der Waals surface area contributed by atoms with E-state index in [0.717, 1.165) is 0 Å². The molecule has 0 radical (unpaired) electrons. The molecule has 1 unspecified atom stereocenters. The lowest BCUT2D eigenvalue weighted by Crippen LogP contribution is -2.18. The molecule has 2 rings (SSSR count). The second-order valence-electron chi connectivity index (χ2n) is 4.06. The van der Waals surface area contributed by atoms with Crippen molar-refractivity contribution >= 4 is 23.2 Å². The van der Waals surface area contributed by atoms with E-state index in [1.807, 2.05) is 0 Å². The maximum atomic E-state index is 13.5. The van der Waals surface area contributed by atoms with E-state index >= 15 is 0 Å². The van der Waals surface area contributed by atoms with E-state index < -0.39 is 17.7 Å². The minimum Gasteiger partial charge on any atom is -0.309 e. The zero-order valence-electron chi connectivity index (χ0n) is 10.1. The fourth-order valence-corrected chi connectivity index (χ4v) is 2.27. The molecule has 2 aromatic carbocycles. The Hall–Kier alpha value is -1.16. The van der Waals surface area contributed by atoms with Crippen molar-refractivity contribution < 1.29 is 8.78 Å². The van der Waals surface area contributed by atoms with Gasteiger partial charge in [0.15, 0.2) is 0 Å². The molecule has 0 saturated carbocycles. The lowest BCUT2D eigenvalue weighted by atomic mass is 9.98. The van der Waals surface area contributed by atoms with Crippen LogP contribution in [0.2, 0.25) is 10.0 Å². The van der Waals surface area contributed by atoms with Gasteiger partial charge in [-0.1, -0.05) is 29.3 Å². The van der Waals surface area contributed by atoms with Gasteiger partial charge in [-0.15, -0.1) is 0 Å². The third-order valence-corrected chi connectivity index (χ3v) is 3.49. The Balaban J connectivity index is 2.49. The van der Waals surface area contributed by atoms with E-state index in [1.165, 1.54) is 30.3 Å². The Labute approximate surface area is 120 Å². The summed E-state index contributed by atoms with van der Waals surface area (Å²) in [5.74, 6) is -0.916. The van der Waals surface area contributed by atoms with Crippen LogP contribution in [0, 0.1) is 11.6 Å². The van der Waals surface area contributed by atoms with E-state index in [9.17, 15) is 8.78 Å². The predicted molar refractivity (Wildman–Crippen MR) is 73.7 cm³/mol. The molecule has 0 aliphatic heterocycles. The van der Waals surface area contributed by atoms with Crippen molar-refractivity contribution in [3.05, 3.63) is 69.2 Å². The van der Waals surface area contributed by atoms with E-state index in [1.54, 1.807) is 13.1 Å². The number of nitrogens with one attached hydrogen (secondary N) is 1. The molecule has 0 aliphatic carbocycles. The summed E-state index contributed by atoms with van der Waals surface area (Å²) in [4.78, 5) is 0. The number of rotatable bonds is 3. The standard InChI is InChI=1S/C14H11Cl2F2N/c1-19-14(8-2-4-12(16)13(18)6-8)10-7-9(17)3-5-11(10)15/h2-7,14,19H,1H3. The van der Waals surface area contributed by atoms with Gasteiger partial charge in [0, 0.05) is 5.02 Å². The van der Waals surface area contributed by atoms with Crippen molar-refractivity contribution in [1.82, 2.24) is 5.32 Å². The molecule has 1 N–H and O–H groups in total. The molecule has 0 aromatic heterocycles. The third kappa shape index (κ3) is 3.06. The van der Waals surface area contributed by atoms with Crippen LogP contribution in [0.1, 0.15) is 17.2 Å². The van der Waals surface area contributed by atoms with Crippen LogP contribution < -0.4 is 5.32 Å². The van der Waals surface area contributed by atoms with Crippen LogP contribution in [0.15, 0.2) is 36.4 Å². The summed E-state index contributed by atoms with van der Waals surface area (Å²) in [5, 5.41) is 3.45. The van der Waals surface area contributed by atoms with Crippen LogP contribution in [-0.4, -0.2) is 7.05 Å². The minimum absolute atomic E-state index is 0.0453. The van der Waals surface area contributed by atoms with Crippen molar-refractivity contribution in [2.45, 2.75) is 6.04 Å². The van der Waals surface area contributed by atoms with Gasteiger partial charge in [0.2, 0.25) is 0 Å². The number of benzene rings is 2. The summed E-state index contributed by atoms with van der Waals surface area (Å²) >= 11 is 11.7. The highest BCUT2D eigenvalue weighted by atomic mass is 35.5. The van der Waals surface area contributed by atoms with E-state index in [2.05, 4.69) is 5.32 Å². The Morgan fingerprint density at radius 3 is 2.32 bits per heavy atom. The smallest absolute Gasteiger partial charge is 0.142 e. The van der Waals surface area contributed by atoms with Gasteiger partial charge in [-0.3, -0.25) is 0 Å². The first-order valence-corrected chi connectivity index (χ1v) is 6.35. The van der Waals surface area contributed by atoms with Gasteiger partial charge < -0.3 is 5.32 Å². The van der Waals surface area contributed by atoms with E-state index in [0.29, 0.717) is 16.1 Å². The molecule has 0 heterocycles. The highest BCUT2D eigenvalue weighted by molar-refractivity contribution is 6.31. The number of halogens is 4. The largest absolute Gasteiger partial charge is 0.309 e. The molecule has 1 atom stereocenters. The summed E-state index contributed by atoms with van der Waals surface area (Å²) in [5.41, 5.74) is 1.17. The van der Waals surface area contributed by atoms with Crippen LogP contribution in [0.4, 0.5) is 8.78 Å². The topological polar surface area (TPSA) is 12.0 Å². The van der Waals surface area contributed by atoms with E-state index in [4.69, 9.17) is 23.2 Å². The van der Waals surface area contributed by atoms with Crippen LogP contribution in [0.25, 0.3) is 0 Å². The van der Waals surface area contributed by atoms with Crippen LogP contribution in [0.5, 0.6) is 0 Å². The van der Waals surface area contributed by atoms with E-state index in [-0.39, 0.29) is 5.02 Å². The van der Waals surface area contributed by atoms with Crippen LogP contribution in [-0.2, 0) is 0 Å². The summed E-state index contributed by atoms with van der Waals surface area (Å²) in [7, 11) is 1.69. The highest BCUT2D eigenvalue weighted by Gasteiger charge is 2.17. The molecule has 1 nitrogen and oxygen atoms in total. The van der Waals surface area contributed by atoms with Crippen molar-refractivity contribution in [1.29, 1.82) is 0 Å². The molecular formula is C14H11Cl2F2N. The quantitative estimate of drug-likeness (QED) is 0.875. The monoisotopic (exact) mass is 301 g/mol. The van der Waals surface area contributed by atoms with Crippen molar-refractivity contribution in [3.63, 3.8) is 0 Å². The molecule has 0 saturated heterocycles. The van der Waals surface area contributed by atoms with Gasteiger partial charge >= 0.3 is 0 Å². The third-order valence-electron chi connectivity index (χ3n) is 2.83. The second-order valence-corrected chi connectivity index (χ2v) is 4.88. The first kappa shape index (κ1) is 14.3. The number of hydrogen-bond acceptors (Lipinski definition) is 1. The zero-order valence-corrected chi connectivity index (χ0v) is 11.6. The van der Waals surface area contributed by atoms with Crippen molar-refractivity contribution in [2.75, 3.05) is 7.05 Å². The summed E-state index contributed by atoms with van der Waals surface area (Å²) < 4.78 is 26.8. The fourth-order valence-electron chi connectivity index (χ4n) is 1.93. The average molecular weight is 302 g/mol. The Kier molecular flexibility index (Phi) is 4.40. The van der Waals surface area contributed by atoms with Crippen LogP contribution in [0.3, 0.4) is 0 Å². The van der Waals surface area contributed by atoms with Crippen molar-refractivity contribution in [2.24, 2.45) is 0 Å². The molecular weight excluding hydrogens is 291 g/mol. The first-order chi connectivity index (χ1) is 9.02. The second kappa shape index (κ2) is 5.87. The Morgan fingerprint density at radius 1 is 1.00 bits per heavy atom. The Bertz CT molecular complexity index is 602. The van der Waals surface area contributed by atoms with Crippen molar-refractivity contribution in [3.8, 4) is 0 Å². The number of hydrogen-bond donors (Lipinski definition) is 1. The van der Waals surface area contributed by atoms with Gasteiger partial charge in [0.1, 0.15) is 11.6 Å². The fraction of sp³-hybridized carbons (Fsp3) is 0.143. The molecule has 0 amide bonds. The Morgan fingerprint density at radius 2 is 1.68 bits per heavy atom. The molecule has 0 spiro atoms. The SMILES string of the molecule is CNC(c1ccc(Cl)c(F)c1)c1cc(F)ccc1Cl. The summed E-state index contributed by atoms with van der Waals surface area (Å²) in [6.07, 6.45) is 0. The molecule has 100 valence electrons. The van der Waals surface area contributed by atoms with Gasteiger partial charge in [-0.2, -0.15) is 0 Å². The summed E-state index contributed by atoms with van der Waals surface area (Å²) in [6, 6.07) is 8.12. The molecule has 5 heteroatoms. The average Bonchev–Trinajstić information content (AvgIpc) is 2.38. The zero-order chi connectivity index (χ0) is 14.0. The highest BCUT2D eigenvalue weighted by Crippen LogP contribution is 2.30. The lowest BCUT2D eigenvalue weighted by Gasteiger charge is -2.19. The maximum absolute atomic E-state index is 13.5. The van der Waals surface area contributed by atoms with Gasteiger partial charge in [0.05, 0.1) is 11.1 Å². The summed E-state index contributed by atoms with van der Waals surface area (Å²) in [6.45, 7) is 0. The first-order valence-electron chi connectivity index (χ1n) is 5.60. The van der Waals surface area contributed by atoms with Gasteiger partial charge in [0.25, 0.3) is 0 Å². The lowest BCUT2D eigenvalue weighted by molar-refractivity contribution is 0.608. The molecule has 0 fully saturated rings. The van der Waals surface area contributed by atoms with Gasteiger partial charge in [-0.25, -0.2) is 8.78 Å². The predicted octanol–water partition coefficient (Wildman–Crippen LogP) is 4.58. The van der Waals surface area contributed by atoms with Crippen LogP contribution >= 0.6 is 23.2 Å². The normalized spacial score (nSPS) is 12.5. The molecule has 2 aromatic rings. The van der Waals surface area contributed by atoms with Gasteiger partial charge in [-0.05, 0) is 48.5 Å². The minimum atomic E-state index is -0.521.